The third kappa shape index (κ3) is 3.65. The van der Waals surface area contributed by atoms with Crippen molar-refractivity contribution in [1.82, 2.24) is 9.88 Å². The zero-order valence-electron chi connectivity index (χ0n) is 18.0. The highest BCUT2D eigenvalue weighted by Crippen LogP contribution is 2.29. The molecule has 1 aliphatic rings. The van der Waals surface area contributed by atoms with Gasteiger partial charge < -0.3 is 4.57 Å². The van der Waals surface area contributed by atoms with Crippen molar-refractivity contribution in [2.45, 2.75) is 54.0 Å². The minimum Gasteiger partial charge on any atom is -0.343 e. The van der Waals surface area contributed by atoms with Gasteiger partial charge in [-0.2, -0.15) is 0 Å². The number of rotatable bonds is 2. The van der Waals surface area contributed by atoms with E-state index in [2.05, 4.69) is 30.7 Å². The molecule has 0 aliphatic carbocycles. The Morgan fingerprint density at radius 2 is 1.72 bits per heavy atom. The highest BCUT2D eigenvalue weighted by Gasteiger charge is 2.35. The van der Waals surface area contributed by atoms with Crippen LogP contribution in [0.1, 0.15) is 48.8 Å². The van der Waals surface area contributed by atoms with E-state index in [1.165, 1.54) is 4.90 Å². The quantitative estimate of drug-likeness (QED) is 0.457. The standard InChI is InChI=1S/C23H27N3O2S/c1-13-9-8-10-19(15(13)3)25-21(28)18(20(27)24-22(25)29)12-17-11-14(2)26(16(17)4)23(5,6)7/h8-12H,1-7H3,(H,24,27,29)/b18-12+. The van der Waals surface area contributed by atoms with Gasteiger partial charge in [0.25, 0.3) is 11.8 Å². The molecule has 0 saturated carbocycles. The van der Waals surface area contributed by atoms with E-state index in [0.29, 0.717) is 5.69 Å². The van der Waals surface area contributed by atoms with Gasteiger partial charge in [0.2, 0.25) is 0 Å². The highest BCUT2D eigenvalue weighted by molar-refractivity contribution is 7.80. The largest absolute Gasteiger partial charge is 0.343 e. The molecule has 6 heteroatoms. The molecule has 152 valence electrons. The summed E-state index contributed by atoms with van der Waals surface area (Å²) >= 11 is 5.33. The molecular weight excluding hydrogens is 382 g/mol. The van der Waals surface area contributed by atoms with Crippen LogP contribution in [0.3, 0.4) is 0 Å². The van der Waals surface area contributed by atoms with Gasteiger partial charge in [0.15, 0.2) is 5.11 Å². The first-order valence-corrected chi connectivity index (χ1v) is 10.0. The van der Waals surface area contributed by atoms with Gasteiger partial charge in [-0.1, -0.05) is 12.1 Å². The second-order valence-electron chi connectivity index (χ2n) is 8.51. The molecule has 1 N–H and O–H groups in total. The molecular formula is C23H27N3O2S. The van der Waals surface area contributed by atoms with Crippen LogP contribution in [0, 0.1) is 27.7 Å². The molecule has 1 fully saturated rings. The molecule has 3 rings (SSSR count). The zero-order chi connectivity index (χ0) is 21.7. The molecule has 0 bridgehead atoms. The van der Waals surface area contributed by atoms with E-state index in [4.69, 9.17) is 12.2 Å². The van der Waals surface area contributed by atoms with E-state index < -0.39 is 11.8 Å². The molecule has 2 amide bonds. The van der Waals surface area contributed by atoms with E-state index in [1.54, 1.807) is 6.08 Å². The highest BCUT2D eigenvalue weighted by atomic mass is 32.1. The number of hydrogen-bond acceptors (Lipinski definition) is 3. The summed E-state index contributed by atoms with van der Waals surface area (Å²) in [6.45, 7) is 14.3. The number of carbonyl (C=O) groups excluding carboxylic acids is 2. The number of nitrogens with zero attached hydrogens (tertiary/aromatic N) is 2. The maximum Gasteiger partial charge on any atom is 0.270 e. The normalized spacial score (nSPS) is 16.6. The number of anilines is 1. The van der Waals surface area contributed by atoms with E-state index >= 15 is 0 Å². The number of hydrogen-bond donors (Lipinski definition) is 1. The van der Waals surface area contributed by atoms with Crippen molar-refractivity contribution in [3.63, 3.8) is 0 Å². The Kier molecular flexibility index (Phi) is 5.26. The Labute approximate surface area is 177 Å². The van der Waals surface area contributed by atoms with Crippen LogP contribution in [0.2, 0.25) is 0 Å². The van der Waals surface area contributed by atoms with Crippen molar-refractivity contribution < 1.29 is 9.59 Å². The van der Waals surface area contributed by atoms with Crippen molar-refractivity contribution in [1.29, 1.82) is 0 Å². The smallest absolute Gasteiger partial charge is 0.270 e. The Balaban J connectivity index is 2.11. The Morgan fingerprint density at radius 3 is 2.31 bits per heavy atom. The van der Waals surface area contributed by atoms with Gasteiger partial charge in [0.05, 0.1) is 5.69 Å². The molecule has 0 unspecified atom stereocenters. The summed E-state index contributed by atoms with van der Waals surface area (Å²) in [7, 11) is 0. The number of carbonyl (C=O) groups is 2. The van der Waals surface area contributed by atoms with Crippen LogP contribution in [0.15, 0.2) is 29.8 Å². The Hall–Kier alpha value is -2.73. The number of amides is 2. The van der Waals surface area contributed by atoms with Crippen molar-refractivity contribution in [3.8, 4) is 0 Å². The molecule has 2 heterocycles. The molecule has 1 aliphatic heterocycles. The lowest BCUT2D eigenvalue weighted by Crippen LogP contribution is -2.54. The topological polar surface area (TPSA) is 54.3 Å². The molecule has 1 saturated heterocycles. The van der Waals surface area contributed by atoms with Gasteiger partial charge in [-0.25, -0.2) is 0 Å². The molecule has 2 aromatic rings. The van der Waals surface area contributed by atoms with Crippen molar-refractivity contribution in [3.05, 3.63) is 57.9 Å². The average molecular weight is 410 g/mol. The first-order chi connectivity index (χ1) is 13.4. The van der Waals surface area contributed by atoms with E-state index in [0.717, 1.165) is 28.1 Å². The van der Waals surface area contributed by atoms with Crippen LogP contribution in [-0.4, -0.2) is 21.5 Å². The van der Waals surface area contributed by atoms with Crippen LogP contribution in [0.25, 0.3) is 6.08 Å². The number of thiocarbonyl (C=S) groups is 1. The summed E-state index contributed by atoms with van der Waals surface area (Å²) in [5, 5.41) is 2.77. The second-order valence-corrected chi connectivity index (χ2v) is 8.90. The second kappa shape index (κ2) is 7.26. The van der Waals surface area contributed by atoms with Crippen molar-refractivity contribution >= 4 is 40.9 Å². The minimum absolute atomic E-state index is 0.0775. The third-order valence-electron chi connectivity index (χ3n) is 5.36. The van der Waals surface area contributed by atoms with Crippen molar-refractivity contribution in [2.75, 3.05) is 4.90 Å². The van der Waals surface area contributed by atoms with Gasteiger partial charge in [0, 0.05) is 16.9 Å². The van der Waals surface area contributed by atoms with Gasteiger partial charge in [0.1, 0.15) is 5.57 Å². The third-order valence-corrected chi connectivity index (χ3v) is 5.64. The summed E-state index contributed by atoms with van der Waals surface area (Å²) in [6, 6.07) is 7.70. The summed E-state index contributed by atoms with van der Waals surface area (Å²) in [5.41, 5.74) is 5.60. The molecule has 5 nitrogen and oxygen atoms in total. The number of aromatic nitrogens is 1. The monoisotopic (exact) mass is 409 g/mol. The predicted molar refractivity (Wildman–Crippen MR) is 121 cm³/mol. The van der Waals surface area contributed by atoms with Crippen LogP contribution in [0.4, 0.5) is 5.69 Å². The van der Waals surface area contributed by atoms with E-state index in [-0.39, 0.29) is 16.2 Å². The summed E-state index contributed by atoms with van der Waals surface area (Å²) in [4.78, 5) is 27.4. The number of aryl methyl sites for hydroxylation is 2. The summed E-state index contributed by atoms with van der Waals surface area (Å²) in [5.74, 6) is -0.880. The van der Waals surface area contributed by atoms with E-state index in [9.17, 15) is 9.59 Å². The lowest BCUT2D eigenvalue weighted by molar-refractivity contribution is -0.122. The lowest BCUT2D eigenvalue weighted by Gasteiger charge is -2.30. The SMILES string of the molecule is Cc1cccc(N2C(=O)/C(=C/c3cc(C)n(C(C)(C)C)c3C)C(=O)NC2=S)c1C. The fourth-order valence-corrected chi connectivity index (χ4v) is 4.25. The molecule has 29 heavy (non-hydrogen) atoms. The van der Waals surface area contributed by atoms with Crippen molar-refractivity contribution in [2.24, 2.45) is 0 Å². The first kappa shape index (κ1) is 21.0. The Morgan fingerprint density at radius 1 is 1.07 bits per heavy atom. The van der Waals surface area contributed by atoms with Gasteiger partial charge in [-0.15, -0.1) is 0 Å². The average Bonchev–Trinajstić information content (AvgIpc) is 2.88. The number of nitrogens with one attached hydrogen (secondary N) is 1. The molecule has 0 atom stereocenters. The number of benzene rings is 1. The summed E-state index contributed by atoms with van der Waals surface area (Å²) in [6.07, 6.45) is 1.67. The first-order valence-electron chi connectivity index (χ1n) is 9.60. The van der Waals surface area contributed by atoms with Gasteiger partial charge in [-0.3, -0.25) is 19.8 Å². The maximum absolute atomic E-state index is 13.3. The molecule has 0 spiro atoms. The van der Waals surface area contributed by atoms with Crippen LogP contribution >= 0.6 is 12.2 Å². The fraction of sp³-hybridized carbons (Fsp3) is 0.348. The lowest BCUT2D eigenvalue weighted by atomic mass is 10.0. The Bertz CT molecular complexity index is 1070. The van der Waals surface area contributed by atoms with E-state index in [1.807, 2.05) is 52.0 Å². The molecule has 1 aromatic heterocycles. The molecule has 1 aromatic carbocycles. The predicted octanol–water partition coefficient (Wildman–Crippen LogP) is 4.31. The zero-order valence-corrected chi connectivity index (χ0v) is 18.8. The van der Waals surface area contributed by atoms with Gasteiger partial charge >= 0.3 is 0 Å². The van der Waals surface area contributed by atoms with Gasteiger partial charge in [-0.05, 0) is 95.6 Å². The minimum atomic E-state index is -0.470. The van der Waals surface area contributed by atoms with Crippen LogP contribution in [0.5, 0.6) is 0 Å². The van der Waals surface area contributed by atoms with Crippen LogP contribution < -0.4 is 10.2 Å². The van der Waals surface area contributed by atoms with Crippen LogP contribution in [-0.2, 0) is 15.1 Å². The molecule has 0 radical (unpaired) electrons. The summed E-state index contributed by atoms with van der Waals surface area (Å²) < 4.78 is 2.21. The fourth-order valence-electron chi connectivity index (χ4n) is 3.98. The maximum atomic E-state index is 13.3.